The molecule has 0 bridgehead atoms. The molecule has 2 amide bonds. The molecule has 0 spiro atoms. The van der Waals surface area contributed by atoms with Crippen molar-refractivity contribution in [3.8, 4) is 11.3 Å². The largest absolute Gasteiger partial charge is 0.463 e. The van der Waals surface area contributed by atoms with Crippen LogP contribution in [0.15, 0.2) is 72.8 Å². The third kappa shape index (κ3) is 6.31. The molecule has 0 unspecified atom stereocenters. The molecule has 7 rings (SSSR count). The minimum Gasteiger partial charge on any atom is -0.463 e. The van der Waals surface area contributed by atoms with Crippen LogP contribution in [0.4, 0.5) is 5.69 Å². The van der Waals surface area contributed by atoms with Gasteiger partial charge >= 0.3 is 5.97 Å². The first-order valence-corrected chi connectivity index (χ1v) is 18.2. The van der Waals surface area contributed by atoms with E-state index in [0.717, 1.165) is 43.3 Å². The van der Waals surface area contributed by atoms with Crippen LogP contribution in [-0.4, -0.2) is 46.4 Å². The Kier molecular flexibility index (Phi) is 9.44. The SMILES string of the molecule is CCOC(=O)/C=C/c1ccc(NC(=O)C2(N(C)C(=O)c3ccc4c(C5CCCCC5)c5n(c4c3)CCCc3ccccc3-5)CCCC2)cc1. The Morgan fingerprint density at radius 2 is 1.69 bits per heavy atom. The van der Waals surface area contributed by atoms with Gasteiger partial charge in [-0.15, -0.1) is 0 Å². The molecule has 2 saturated carbocycles. The molecule has 4 aromatic rings. The van der Waals surface area contributed by atoms with E-state index in [1.165, 1.54) is 66.0 Å². The van der Waals surface area contributed by atoms with Crippen LogP contribution in [-0.2, 0) is 27.3 Å². The van der Waals surface area contributed by atoms with Crippen LogP contribution in [0.3, 0.4) is 0 Å². The molecular formula is C42H47N3O4. The van der Waals surface area contributed by atoms with Crippen molar-refractivity contribution in [1.82, 2.24) is 9.47 Å². The lowest BCUT2D eigenvalue weighted by atomic mass is 9.81. The molecule has 254 valence electrons. The van der Waals surface area contributed by atoms with Crippen molar-refractivity contribution >= 4 is 40.4 Å². The maximum absolute atomic E-state index is 14.4. The number of esters is 1. The molecular weight excluding hydrogens is 610 g/mol. The molecule has 0 saturated heterocycles. The number of nitrogens with zero attached hydrogens (tertiary/aromatic N) is 2. The van der Waals surface area contributed by atoms with Crippen molar-refractivity contribution in [3.05, 3.63) is 95.1 Å². The van der Waals surface area contributed by atoms with Crippen molar-refractivity contribution in [2.75, 3.05) is 19.0 Å². The van der Waals surface area contributed by atoms with E-state index in [1.54, 1.807) is 24.9 Å². The lowest BCUT2D eigenvalue weighted by Crippen LogP contribution is -2.55. The van der Waals surface area contributed by atoms with Crippen LogP contribution < -0.4 is 5.32 Å². The Balaban J connectivity index is 1.19. The minimum atomic E-state index is -0.934. The maximum atomic E-state index is 14.4. The van der Waals surface area contributed by atoms with E-state index in [-0.39, 0.29) is 11.8 Å². The summed E-state index contributed by atoms with van der Waals surface area (Å²) in [6.07, 6.45) is 14.5. The van der Waals surface area contributed by atoms with Gasteiger partial charge in [0.05, 0.1) is 12.3 Å². The molecule has 7 nitrogen and oxygen atoms in total. The van der Waals surface area contributed by atoms with Crippen LogP contribution >= 0.6 is 0 Å². The van der Waals surface area contributed by atoms with E-state index < -0.39 is 11.5 Å². The normalized spacial score (nSPS) is 17.3. The number of hydrogen-bond donors (Lipinski definition) is 1. The summed E-state index contributed by atoms with van der Waals surface area (Å²) in [4.78, 5) is 41.8. The topological polar surface area (TPSA) is 80.6 Å². The first-order valence-electron chi connectivity index (χ1n) is 18.2. The summed E-state index contributed by atoms with van der Waals surface area (Å²) in [6.45, 7) is 3.02. The fraction of sp³-hybridized carbons (Fsp3) is 0.405. The predicted molar refractivity (Wildman–Crippen MR) is 196 cm³/mol. The van der Waals surface area contributed by atoms with Crippen molar-refractivity contribution in [2.24, 2.45) is 0 Å². The van der Waals surface area contributed by atoms with Gasteiger partial charge in [0.1, 0.15) is 5.54 Å². The zero-order chi connectivity index (χ0) is 34.0. The molecule has 1 aliphatic heterocycles. The van der Waals surface area contributed by atoms with Crippen molar-refractivity contribution in [1.29, 1.82) is 0 Å². The van der Waals surface area contributed by atoms with Crippen LogP contribution in [0.1, 0.15) is 104 Å². The number of ether oxygens (including phenoxy) is 1. The van der Waals surface area contributed by atoms with Gasteiger partial charge in [-0.3, -0.25) is 9.59 Å². The van der Waals surface area contributed by atoms with Gasteiger partial charge in [0.15, 0.2) is 0 Å². The molecule has 2 aliphatic carbocycles. The zero-order valence-corrected chi connectivity index (χ0v) is 28.8. The lowest BCUT2D eigenvalue weighted by Gasteiger charge is -2.37. The molecule has 1 N–H and O–H groups in total. The Morgan fingerprint density at radius 1 is 0.939 bits per heavy atom. The number of likely N-dealkylation sites (N-methyl/N-ethyl adjacent to an activating group) is 1. The third-order valence-corrected chi connectivity index (χ3v) is 11.1. The van der Waals surface area contributed by atoms with Gasteiger partial charge in [-0.25, -0.2) is 4.79 Å². The maximum Gasteiger partial charge on any atom is 0.330 e. The standard InChI is InChI=1S/C42H47N3O4/c1-3-49-37(46)24-19-29-17-21-33(22-18-29)43-41(48)42(25-9-10-26-42)44(2)40(47)32-20-23-35-36(28-32)45-27-11-15-30-12-7-8-16-34(30)39(45)38(35)31-13-5-4-6-14-31/h7-8,12,16-24,28,31H,3-6,9-11,13-15,25-27H2,1-2H3,(H,43,48)/b24-19+. The molecule has 3 aromatic carbocycles. The van der Waals surface area contributed by atoms with Crippen LogP contribution in [0, 0.1) is 0 Å². The van der Waals surface area contributed by atoms with Crippen molar-refractivity contribution in [3.63, 3.8) is 0 Å². The first kappa shape index (κ1) is 32.9. The summed E-state index contributed by atoms with van der Waals surface area (Å²) in [6, 6.07) is 22.5. The second-order valence-electron chi connectivity index (χ2n) is 14.0. The van der Waals surface area contributed by atoms with Gasteiger partial charge in [-0.1, -0.05) is 74.6 Å². The van der Waals surface area contributed by atoms with Gasteiger partial charge < -0.3 is 19.5 Å². The Bertz CT molecular complexity index is 1890. The van der Waals surface area contributed by atoms with E-state index in [4.69, 9.17) is 4.74 Å². The van der Waals surface area contributed by atoms with Crippen LogP contribution in [0.2, 0.25) is 0 Å². The number of benzene rings is 3. The summed E-state index contributed by atoms with van der Waals surface area (Å²) in [5.74, 6) is -0.153. The molecule has 49 heavy (non-hydrogen) atoms. The number of carbonyl (C=O) groups excluding carboxylic acids is 3. The summed E-state index contributed by atoms with van der Waals surface area (Å²) < 4.78 is 7.45. The summed E-state index contributed by atoms with van der Waals surface area (Å²) in [7, 11) is 1.79. The number of anilines is 1. The molecule has 3 aliphatic rings. The average molecular weight is 658 g/mol. The molecule has 1 aromatic heterocycles. The molecule has 0 radical (unpaired) electrons. The molecule has 7 heteroatoms. The van der Waals surface area contributed by atoms with Crippen LogP contribution in [0.25, 0.3) is 28.2 Å². The monoisotopic (exact) mass is 657 g/mol. The quantitative estimate of drug-likeness (QED) is 0.152. The highest BCUT2D eigenvalue weighted by atomic mass is 16.5. The number of carbonyl (C=O) groups is 3. The molecule has 0 atom stereocenters. The third-order valence-electron chi connectivity index (χ3n) is 11.1. The summed E-state index contributed by atoms with van der Waals surface area (Å²) in [5.41, 5.74) is 7.86. The van der Waals surface area contributed by atoms with Gasteiger partial charge in [0.2, 0.25) is 5.91 Å². The van der Waals surface area contributed by atoms with E-state index >= 15 is 0 Å². The number of nitrogens with one attached hydrogen (secondary N) is 1. The number of aromatic nitrogens is 1. The van der Waals surface area contributed by atoms with Gasteiger partial charge in [-0.2, -0.15) is 0 Å². The summed E-state index contributed by atoms with van der Waals surface area (Å²) in [5, 5.41) is 4.37. The highest BCUT2D eigenvalue weighted by Gasteiger charge is 2.47. The van der Waals surface area contributed by atoms with Gasteiger partial charge in [0.25, 0.3) is 5.91 Å². The Labute approximate surface area is 289 Å². The van der Waals surface area contributed by atoms with Crippen molar-refractivity contribution in [2.45, 2.75) is 95.6 Å². The number of hydrogen-bond acceptors (Lipinski definition) is 4. The number of amides is 2. The number of rotatable bonds is 8. The smallest absolute Gasteiger partial charge is 0.330 e. The second-order valence-corrected chi connectivity index (χ2v) is 14.0. The Morgan fingerprint density at radius 3 is 2.45 bits per heavy atom. The zero-order valence-electron chi connectivity index (χ0n) is 28.8. The number of aryl methyl sites for hydroxylation is 2. The van der Waals surface area contributed by atoms with Crippen molar-refractivity contribution < 1.29 is 19.1 Å². The predicted octanol–water partition coefficient (Wildman–Crippen LogP) is 8.90. The van der Waals surface area contributed by atoms with E-state index in [9.17, 15) is 14.4 Å². The fourth-order valence-electron chi connectivity index (χ4n) is 8.58. The first-order chi connectivity index (χ1) is 23.9. The van der Waals surface area contributed by atoms with E-state index in [2.05, 4.69) is 46.3 Å². The Hall–Kier alpha value is -4.65. The number of fused-ring (bicyclic) bond motifs is 5. The molecule has 2 heterocycles. The average Bonchev–Trinajstić information content (AvgIpc) is 3.70. The summed E-state index contributed by atoms with van der Waals surface area (Å²) >= 11 is 0. The van der Waals surface area contributed by atoms with E-state index in [0.29, 0.717) is 36.6 Å². The van der Waals surface area contributed by atoms with E-state index in [1.807, 2.05) is 30.3 Å². The highest BCUT2D eigenvalue weighted by molar-refractivity contribution is 6.06. The van der Waals surface area contributed by atoms with Gasteiger partial charge in [0, 0.05) is 47.4 Å². The highest BCUT2D eigenvalue weighted by Crippen LogP contribution is 2.46. The second kappa shape index (κ2) is 14.1. The van der Waals surface area contributed by atoms with Gasteiger partial charge in [-0.05, 0) is 98.4 Å². The van der Waals surface area contributed by atoms with Crippen LogP contribution in [0.5, 0.6) is 0 Å². The lowest BCUT2D eigenvalue weighted by molar-refractivity contribution is -0.137. The fourth-order valence-corrected chi connectivity index (χ4v) is 8.58. The minimum absolute atomic E-state index is 0.123. The molecule has 2 fully saturated rings.